The molecule has 0 spiro atoms. The largest absolute Gasteiger partial charge is 0.444 e. The minimum atomic E-state index is -3.69. The van der Waals surface area contributed by atoms with Crippen molar-refractivity contribution in [1.82, 2.24) is 9.88 Å². The molecule has 9 heteroatoms. The van der Waals surface area contributed by atoms with Gasteiger partial charge in [0, 0.05) is 0 Å². The summed E-state index contributed by atoms with van der Waals surface area (Å²) in [5.74, 6) is -0.268. The summed E-state index contributed by atoms with van der Waals surface area (Å²) in [5, 5.41) is 0. The molecule has 148 valence electrons. The van der Waals surface area contributed by atoms with Gasteiger partial charge in [-0.15, -0.1) is 11.3 Å². The lowest BCUT2D eigenvalue weighted by Gasteiger charge is -2.34. The third kappa shape index (κ3) is 4.25. The van der Waals surface area contributed by atoms with E-state index in [4.69, 9.17) is 9.47 Å². The second-order valence-electron chi connectivity index (χ2n) is 7.99. The summed E-state index contributed by atoms with van der Waals surface area (Å²) in [4.78, 5) is 18.3. The van der Waals surface area contributed by atoms with E-state index in [0.29, 0.717) is 5.52 Å². The Morgan fingerprint density at radius 2 is 2.04 bits per heavy atom. The molecule has 0 radical (unpaired) electrons. The van der Waals surface area contributed by atoms with Crippen LogP contribution in [0.25, 0.3) is 10.2 Å². The molecule has 1 amide bonds. The summed E-state index contributed by atoms with van der Waals surface area (Å²) in [5.41, 5.74) is -0.990. The van der Waals surface area contributed by atoms with Crippen LogP contribution in [-0.4, -0.2) is 54.1 Å². The van der Waals surface area contributed by atoms with Crippen molar-refractivity contribution in [3.05, 3.63) is 24.3 Å². The first-order valence-electron chi connectivity index (χ1n) is 8.64. The summed E-state index contributed by atoms with van der Waals surface area (Å²) in [6.45, 7) is 8.87. The summed E-state index contributed by atoms with van der Waals surface area (Å²) in [6, 6.07) is 6.62. The van der Waals surface area contributed by atoms with E-state index in [-0.39, 0.29) is 16.7 Å². The van der Waals surface area contributed by atoms with E-state index in [1.165, 1.54) is 4.90 Å². The van der Waals surface area contributed by atoms with Gasteiger partial charge in [0.25, 0.3) is 0 Å². The molecular weight excluding hydrogens is 388 g/mol. The van der Waals surface area contributed by atoms with Crippen LogP contribution < -0.4 is 0 Å². The lowest BCUT2D eigenvalue weighted by Crippen LogP contribution is -2.51. The first-order chi connectivity index (χ1) is 12.4. The fourth-order valence-electron chi connectivity index (χ4n) is 3.00. The summed E-state index contributed by atoms with van der Waals surface area (Å²) in [7, 11) is -3.69. The number of aromatic nitrogens is 1. The van der Waals surface area contributed by atoms with Crippen LogP contribution in [-0.2, 0) is 19.3 Å². The highest BCUT2D eigenvalue weighted by atomic mass is 32.2. The van der Waals surface area contributed by atoms with Crippen molar-refractivity contribution in [2.24, 2.45) is 0 Å². The van der Waals surface area contributed by atoms with Crippen LogP contribution in [0.4, 0.5) is 4.79 Å². The van der Waals surface area contributed by atoms with Crippen molar-refractivity contribution >= 4 is 37.5 Å². The van der Waals surface area contributed by atoms with E-state index in [0.717, 1.165) is 16.0 Å². The predicted octanol–water partition coefficient (Wildman–Crippen LogP) is 3.44. The topological polar surface area (TPSA) is 85.8 Å². The summed E-state index contributed by atoms with van der Waals surface area (Å²) in [6.07, 6.45) is -0.588. The first kappa shape index (κ1) is 20.0. The minimum absolute atomic E-state index is 0.0533. The molecule has 0 N–H and O–H groups in total. The van der Waals surface area contributed by atoms with Gasteiger partial charge in [-0.1, -0.05) is 12.1 Å². The molecule has 1 aliphatic heterocycles. The Hall–Kier alpha value is -1.71. The van der Waals surface area contributed by atoms with E-state index in [1.807, 2.05) is 18.2 Å². The van der Waals surface area contributed by atoms with Crippen molar-refractivity contribution in [1.29, 1.82) is 0 Å². The molecule has 3 rings (SSSR count). The number of rotatable bonds is 3. The highest BCUT2D eigenvalue weighted by Crippen LogP contribution is 2.32. The third-order valence-electron chi connectivity index (χ3n) is 4.12. The van der Waals surface area contributed by atoms with E-state index in [1.54, 1.807) is 40.7 Å². The van der Waals surface area contributed by atoms with Crippen LogP contribution in [0, 0.1) is 0 Å². The molecule has 1 aromatic carbocycles. The molecule has 1 aliphatic rings. The molecule has 0 unspecified atom stereocenters. The van der Waals surface area contributed by atoms with Gasteiger partial charge in [0.05, 0.1) is 28.6 Å². The number of para-hydroxylation sites is 1. The van der Waals surface area contributed by atoms with Gasteiger partial charge in [-0.3, -0.25) is 4.90 Å². The van der Waals surface area contributed by atoms with Crippen LogP contribution in [0.3, 0.4) is 0 Å². The van der Waals surface area contributed by atoms with E-state index in [9.17, 15) is 13.2 Å². The highest BCUT2D eigenvalue weighted by molar-refractivity contribution is 7.93. The van der Waals surface area contributed by atoms with Crippen LogP contribution in [0.1, 0.15) is 34.6 Å². The number of nitrogens with zero attached hydrogens (tertiary/aromatic N) is 2. The van der Waals surface area contributed by atoms with Gasteiger partial charge in [-0.05, 0) is 46.8 Å². The molecule has 2 heterocycles. The molecular formula is C18H24N2O5S2. The van der Waals surface area contributed by atoms with Crippen molar-refractivity contribution in [3.8, 4) is 0 Å². The van der Waals surface area contributed by atoms with Crippen molar-refractivity contribution in [2.75, 3.05) is 12.4 Å². The fourth-order valence-corrected chi connectivity index (χ4v) is 5.81. The van der Waals surface area contributed by atoms with Gasteiger partial charge in [-0.25, -0.2) is 18.2 Å². The molecule has 7 nitrogen and oxygen atoms in total. The van der Waals surface area contributed by atoms with E-state index >= 15 is 0 Å². The number of sulfone groups is 1. The van der Waals surface area contributed by atoms with Gasteiger partial charge in [0.1, 0.15) is 11.3 Å². The minimum Gasteiger partial charge on any atom is -0.444 e. The molecule has 2 aromatic rings. The molecule has 0 aliphatic carbocycles. The number of fused-ring (bicyclic) bond motifs is 1. The molecule has 1 atom stereocenters. The molecule has 0 saturated carbocycles. The second kappa shape index (κ2) is 6.72. The molecule has 1 fully saturated rings. The van der Waals surface area contributed by atoms with Gasteiger partial charge in [0.2, 0.25) is 14.2 Å². The maximum Gasteiger partial charge on any atom is 0.412 e. The monoisotopic (exact) mass is 412 g/mol. The van der Waals surface area contributed by atoms with Gasteiger partial charge >= 0.3 is 6.09 Å². The van der Waals surface area contributed by atoms with Gasteiger partial charge in [0.15, 0.2) is 0 Å². The zero-order chi connectivity index (χ0) is 20.0. The molecule has 1 aromatic heterocycles. The van der Waals surface area contributed by atoms with Gasteiger partial charge < -0.3 is 9.47 Å². The number of ether oxygens (including phenoxy) is 2. The normalized spacial score (nSPS) is 20.2. The van der Waals surface area contributed by atoms with Gasteiger partial charge in [-0.2, -0.15) is 0 Å². The number of benzene rings is 1. The van der Waals surface area contributed by atoms with Crippen LogP contribution in [0.2, 0.25) is 0 Å². The molecule has 27 heavy (non-hydrogen) atoms. The summed E-state index contributed by atoms with van der Waals surface area (Å²) < 4.78 is 37.9. The molecule has 1 saturated heterocycles. The summed E-state index contributed by atoms with van der Waals surface area (Å²) >= 11 is 1.13. The number of thiazole rings is 1. The number of amides is 1. The zero-order valence-corrected chi connectivity index (χ0v) is 17.7. The van der Waals surface area contributed by atoms with E-state index < -0.39 is 33.3 Å². The third-order valence-corrected chi connectivity index (χ3v) is 7.41. The van der Waals surface area contributed by atoms with E-state index in [2.05, 4.69) is 4.98 Å². The Labute approximate surface area is 163 Å². The van der Waals surface area contributed by atoms with Crippen molar-refractivity contribution < 1.29 is 22.7 Å². The van der Waals surface area contributed by atoms with Crippen molar-refractivity contribution in [2.45, 2.75) is 56.3 Å². The maximum absolute atomic E-state index is 12.9. The Kier molecular flexibility index (Phi) is 4.98. The number of carbonyl (C=O) groups excluding carboxylic acids is 1. The fraction of sp³-hybridized carbons (Fsp3) is 0.556. The first-order valence-corrected chi connectivity index (χ1v) is 11.1. The van der Waals surface area contributed by atoms with Crippen LogP contribution >= 0.6 is 11.3 Å². The molecule has 0 bridgehead atoms. The quantitative estimate of drug-likeness (QED) is 0.768. The van der Waals surface area contributed by atoms with Crippen LogP contribution in [0.5, 0.6) is 0 Å². The standard InChI is InChI=1S/C18H24N2O5S2/c1-17(2,3)25-16(21)20-12(10-24-18(20,4)5)11-27(22,23)15-19-13-8-6-7-9-14(13)26-15/h6-9,12H,10-11H2,1-5H3/t12-/m1/s1. The smallest absolute Gasteiger partial charge is 0.412 e. The lowest BCUT2D eigenvalue weighted by molar-refractivity contribution is -0.0617. The maximum atomic E-state index is 12.9. The average Bonchev–Trinajstić information content (AvgIpc) is 3.06. The second-order valence-corrected chi connectivity index (χ2v) is 11.2. The van der Waals surface area contributed by atoms with Crippen LogP contribution in [0.15, 0.2) is 28.6 Å². The number of hydrogen-bond acceptors (Lipinski definition) is 7. The predicted molar refractivity (Wildman–Crippen MR) is 104 cm³/mol. The number of carbonyl (C=O) groups is 1. The van der Waals surface area contributed by atoms with Crippen molar-refractivity contribution in [3.63, 3.8) is 0 Å². The number of hydrogen-bond donors (Lipinski definition) is 0. The highest BCUT2D eigenvalue weighted by Gasteiger charge is 2.47. The SMILES string of the molecule is CC(C)(C)OC(=O)N1[C@@H](CS(=O)(=O)c2nc3ccccc3s2)COC1(C)C. The zero-order valence-electron chi connectivity index (χ0n) is 16.1. The Morgan fingerprint density at radius 1 is 1.37 bits per heavy atom. The average molecular weight is 413 g/mol. The Bertz CT molecular complexity index is 927. The Morgan fingerprint density at radius 3 is 2.67 bits per heavy atom. The lowest BCUT2D eigenvalue weighted by atomic mass is 10.2. The Balaban J connectivity index is 1.86.